The zero-order valence-corrected chi connectivity index (χ0v) is 8.34. The summed E-state index contributed by atoms with van der Waals surface area (Å²) >= 11 is 0. The third-order valence-corrected chi connectivity index (χ3v) is 2.22. The van der Waals surface area contributed by atoms with Crippen LogP contribution in [0.15, 0.2) is 11.6 Å². The zero-order valence-electron chi connectivity index (χ0n) is 8.34. The number of hydrogen-bond acceptors (Lipinski definition) is 2. The van der Waals surface area contributed by atoms with Gasteiger partial charge >= 0.3 is 5.97 Å². The van der Waals surface area contributed by atoms with Crippen molar-refractivity contribution in [3.05, 3.63) is 11.6 Å². The lowest BCUT2D eigenvalue weighted by Crippen LogP contribution is -2.07. The van der Waals surface area contributed by atoms with Crippen LogP contribution in [-0.2, 0) is 9.53 Å². The van der Waals surface area contributed by atoms with E-state index in [-0.39, 0.29) is 5.97 Å². The number of esters is 1. The first-order chi connectivity index (χ1) is 6.33. The van der Waals surface area contributed by atoms with Crippen LogP contribution in [0, 0.1) is 0 Å². The van der Waals surface area contributed by atoms with Crippen molar-refractivity contribution >= 4 is 5.97 Å². The first-order valence-electron chi connectivity index (χ1n) is 5.16. The molecule has 1 rings (SSSR count). The van der Waals surface area contributed by atoms with E-state index in [2.05, 4.69) is 6.08 Å². The molecule has 0 saturated heterocycles. The van der Waals surface area contributed by atoms with E-state index >= 15 is 0 Å². The molecular formula is C11H18O2. The molecule has 0 aromatic carbocycles. The molecule has 0 fully saturated rings. The van der Waals surface area contributed by atoms with Gasteiger partial charge in [0.15, 0.2) is 0 Å². The van der Waals surface area contributed by atoms with Gasteiger partial charge in [-0.1, -0.05) is 18.6 Å². The van der Waals surface area contributed by atoms with Gasteiger partial charge in [-0.05, 0) is 32.1 Å². The molecule has 0 amide bonds. The van der Waals surface area contributed by atoms with Gasteiger partial charge in [0.05, 0.1) is 13.0 Å². The summed E-state index contributed by atoms with van der Waals surface area (Å²) in [4.78, 5) is 11.2. The van der Waals surface area contributed by atoms with Gasteiger partial charge in [0, 0.05) is 0 Å². The fraction of sp³-hybridized carbons (Fsp3) is 0.727. The van der Waals surface area contributed by atoms with Crippen LogP contribution in [0.4, 0.5) is 0 Å². The minimum atomic E-state index is -0.0602. The van der Waals surface area contributed by atoms with Crippen LogP contribution in [0.2, 0.25) is 0 Å². The molecule has 0 heterocycles. The molecule has 2 nitrogen and oxygen atoms in total. The lowest BCUT2D eigenvalue weighted by molar-refractivity contribution is -0.142. The summed E-state index contributed by atoms with van der Waals surface area (Å²) in [5.74, 6) is -0.0602. The molecule has 0 spiro atoms. The van der Waals surface area contributed by atoms with Gasteiger partial charge in [-0.25, -0.2) is 0 Å². The number of allylic oxidation sites excluding steroid dienone is 1. The Morgan fingerprint density at radius 1 is 1.54 bits per heavy atom. The van der Waals surface area contributed by atoms with Crippen LogP contribution >= 0.6 is 0 Å². The highest BCUT2D eigenvalue weighted by atomic mass is 16.5. The fourth-order valence-corrected chi connectivity index (χ4v) is 1.52. The Hall–Kier alpha value is -0.790. The van der Waals surface area contributed by atoms with Gasteiger partial charge in [-0.3, -0.25) is 4.79 Å². The van der Waals surface area contributed by atoms with E-state index in [4.69, 9.17) is 4.74 Å². The van der Waals surface area contributed by atoms with E-state index < -0.39 is 0 Å². The zero-order chi connectivity index (χ0) is 9.52. The van der Waals surface area contributed by atoms with Crippen molar-refractivity contribution < 1.29 is 9.53 Å². The third kappa shape index (κ3) is 4.11. The van der Waals surface area contributed by atoms with Gasteiger partial charge in [0.25, 0.3) is 0 Å². The molecular weight excluding hydrogens is 164 g/mol. The second-order valence-electron chi connectivity index (χ2n) is 3.51. The van der Waals surface area contributed by atoms with Crippen molar-refractivity contribution in [3.63, 3.8) is 0 Å². The van der Waals surface area contributed by atoms with Crippen LogP contribution in [0.3, 0.4) is 0 Å². The Bertz CT molecular complexity index is 194. The topological polar surface area (TPSA) is 26.3 Å². The Morgan fingerprint density at radius 3 is 3.00 bits per heavy atom. The molecule has 0 aliphatic heterocycles. The molecule has 0 aromatic rings. The second-order valence-corrected chi connectivity index (χ2v) is 3.51. The van der Waals surface area contributed by atoms with Crippen LogP contribution in [0.1, 0.15) is 45.4 Å². The first-order valence-corrected chi connectivity index (χ1v) is 5.16. The van der Waals surface area contributed by atoms with Crippen molar-refractivity contribution in [2.75, 3.05) is 6.61 Å². The summed E-state index contributed by atoms with van der Waals surface area (Å²) < 4.78 is 5.01. The van der Waals surface area contributed by atoms with Gasteiger partial charge in [-0.2, -0.15) is 0 Å². The highest BCUT2D eigenvalue weighted by molar-refractivity contribution is 5.72. The highest BCUT2D eigenvalue weighted by Gasteiger charge is 2.09. The molecule has 0 aromatic heterocycles. The van der Waals surface area contributed by atoms with Crippen molar-refractivity contribution in [1.82, 2.24) is 0 Å². The maximum absolute atomic E-state index is 11.2. The largest absolute Gasteiger partial charge is 0.465 e. The van der Waals surface area contributed by atoms with Crippen molar-refractivity contribution in [1.29, 1.82) is 0 Å². The average Bonchev–Trinajstić information content (AvgIpc) is 2.16. The minimum absolute atomic E-state index is 0.0602. The Morgan fingerprint density at radius 2 is 2.38 bits per heavy atom. The quantitative estimate of drug-likeness (QED) is 0.493. The van der Waals surface area contributed by atoms with Crippen LogP contribution in [-0.4, -0.2) is 12.6 Å². The molecule has 0 bridgehead atoms. The molecule has 1 aliphatic carbocycles. The number of hydrogen-bond donors (Lipinski definition) is 0. The van der Waals surface area contributed by atoms with Gasteiger partial charge in [0.1, 0.15) is 0 Å². The molecule has 0 unspecified atom stereocenters. The van der Waals surface area contributed by atoms with Crippen LogP contribution < -0.4 is 0 Å². The summed E-state index contributed by atoms with van der Waals surface area (Å²) in [7, 11) is 0. The number of carbonyl (C=O) groups excluding carboxylic acids is 1. The Balaban J connectivity index is 2.22. The van der Waals surface area contributed by atoms with E-state index in [1.165, 1.54) is 18.4 Å². The van der Waals surface area contributed by atoms with E-state index in [9.17, 15) is 4.79 Å². The lowest BCUT2D eigenvalue weighted by Gasteiger charge is -2.11. The lowest BCUT2D eigenvalue weighted by atomic mass is 9.97. The summed E-state index contributed by atoms with van der Waals surface area (Å²) in [6.45, 7) is 2.57. The maximum Gasteiger partial charge on any atom is 0.309 e. The molecule has 1 aliphatic rings. The van der Waals surface area contributed by atoms with E-state index in [1.807, 2.05) is 6.92 Å². The minimum Gasteiger partial charge on any atom is -0.465 e. The molecule has 0 N–H and O–H groups in total. The molecule has 74 valence electrons. The summed E-state index contributed by atoms with van der Waals surface area (Å²) in [5, 5.41) is 0. The summed E-state index contributed by atoms with van der Waals surface area (Å²) in [6, 6.07) is 0. The van der Waals surface area contributed by atoms with Gasteiger partial charge in [0.2, 0.25) is 0 Å². The Labute approximate surface area is 80.0 Å². The average molecular weight is 182 g/mol. The number of rotatable bonds is 4. The first kappa shape index (κ1) is 10.3. The van der Waals surface area contributed by atoms with E-state index in [0.717, 1.165) is 19.3 Å². The van der Waals surface area contributed by atoms with Crippen molar-refractivity contribution in [3.8, 4) is 0 Å². The smallest absolute Gasteiger partial charge is 0.309 e. The molecule has 0 radical (unpaired) electrons. The maximum atomic E-state index is 11.2. The van der Waals surface area contributed by atoms with E-state index in [1.54, 1.807) is 0 Å². The van der Waals surface area contributed by atoms with Crippen molar-refractivity contribution in [2.45, 2.75) is 45.4 Å². The third-order valence-electron chi connectivity index (χ3n) is 2.22. The van der Waals surface area contributed by atoms with Crippen LogP contribution in [0.5, 0.6) is 0 Å². The fourth-order valence-electron chi connectivity index (χ4n) is 1.52. The predicted molar refractivity (Wildman–Crippen MR) is 52.4 cm³/mol. The molecule has 0 saturated carbocycles. The number of ether oxygens (including phenoxy) is 1. The van der Waals surface area contributed by atoms with Gasteiger partial charge < -0.3 is 4.74 Å². The summed E-state index contributed by atoms with van der Waals surface area (Å²) in [5.41, 5.74) is 1.27. The standard InChI is InChI=1S/C11H18O2/c1-2-8-13-11(12)9-10-6-4-3-5-7-10/h6H,2-5,7-9H2,1H3. The monoisotopic (exact) mass is 182 g/mol. The van der Waals surface area contributed by atoms with Gasteiger partial charge in [-0.15, -0.1) is 0 Å². The normalized spacial score (nSPS) is 16.5. The predicted octanol–water partition coefficient (Wildman–Crippen LogP) is 2.83. The summed E-state index contributed by atoms with van der Waals surface area (Å²) in [6.07, 6.45) is 8.33. The van der Waals surface area contributed by atoms with E-state index in [0.29, 0.717) is 13.0 Å². The van der Waals surface area contributed by atoms with Crippen LogP contribution in [0.25, 0.3) is 0 Å². The van der Waals surface area contributed by atoms with Crippen molar-refractivity contribution in [2.24, 2.45) is 0 Å². The highest BCUT2D eigenvalue weighted by Crippen LogP contribution is 2.20. The molecule has 0 atom stereocenters. The Kier molecular flexibility index (Phi) is 4.58. The number of carbonyl (C=O) groups is 1. The SMILES string of the molecule is CCCOC(=O)CC1=CCCCC1. The second kappa shape index (κ2) is 5.79. The molecule has 2 heteroatoms. The molecule has 13 heavy (non-hydrogen) atoms.